The van der Waals surface area contributed by atoms with Gasteiger partial charge in [0.2, 0.25) is 5.91 Å². The van der Waals surface area contributed by atoms with E-state index in [1.165, 1.54) is 6.26 Å². The average Bonchev–Trinajstić information content (AvgIpc) is 2.87. The number of carbonyl (C=O) groups is 2. The molecule has 20 heavy (non-hydrogen) atoms. The van der Waals surface area contributed by atoms with E-state index < -0.39 is 5.91 Å². The Morgan fingerprint density at radius 3 is 2.55 bits per heavy atom. The van der Waals surface area contributed by atoms with E-state index in [2.05, 4.69) is 0 Å². The molecule has 1 aromatic heterocycles. The summed E-state index contributed by atoms with van der Waals surface area (Å²) in [5.74, 6) is 5.32. The van der Waals surface area contributed by atoms with Crippen LogP contribution in [0.1, 0.15) is 30.0 Å². The van der Waals surface area contributed by atoms with E-state index in [0.29, 0.717) is 37.5 Å². The second-order valence-electron chi connectivity index (χ2n) is 4.51. The lowest BCUT2D eigenvalue weighted by molar-refractivity contribution is -0.131. The van der Waals surface area contributed by atoms with Crippen molar-refractivity contribution >= 4 is 11.8 Å². The highest BCUT2D eigenvalue weighted by Gasteiger charge is 2.15. The van der Waals surface area contributed by atoms with Crippen LogP contribution in [-0.4, -0.2) is 48.3 Å². The van der Waals surface area contributed by atoms with Crippen molar-refractivity contribution in [2.75, 3.05) is 26.7 Å². The number of nitrogens with two attached hydrogens (primary N) is 1. The van der Waals surface area contributed by atoms with E-state index in [9.17, 15) is 9.59 Å². The number of nitrogens with one attached hydrogen (secondary N) is 1. The van der Waals surface area contributed by atoms with Crippen LogP contribution in [0.15, 0.2) is 16.7 Å². The molecule has 0 saturated heterocycles. The summed E-state index contributed by atoms with van der Waals surface area (Å²) in [6.07, 6.45) is 1.34. The number of hydrogen-bond donors (Lipinski definition) is 2. The Hall–Kier alpha value is -1.86. The summed E-state index contributed by atoms with van der Waals surface area (Å²) >= 11 is 0. The minimum absolute atomic E-state index is 0.0731. The van der Waals surface area contributed by atoms with Gasteiger partial charge in [-0.15, -0.1) is 0 Å². The summed E-state index contributed by atoms with van der Waals surface area (Å²) in [5, 5.41) is 0. The molecular weight excluding hydrogens is 260 g/mol. The van der Waals surface area contributed by atoms with E-state index in [0.717, 1.165) is 0 Å². The topological polar surface area (TPSA) is 91.8 Å². The molecule has 0 bridgehead atoms. The lowest BCUT2D eigenvalue weighted by Gasteiger charge is -2.22. The Balaban J connectivity index is 2.54. The zero-order valence-corrected chi connectivity index (χ0v) is 12.2. The monoisotopic (exact) mass is 282 g/mol. The number of amides is 2. The zero-order valence-electron chi connectivity index (χ0n) is 12.2. The summed E-state index contributed by atoms with van der Waals surface area (Å²) in [5.41, 5.74) is 2.40. The van der Waals surface area contributed by atoms with Gasteiger partial charge < -0.3 is 9.32 Å². The van der Waals surface area contributed by atoms with Gasteiger partial charge in [0.25, 0.3) is 5.91 Å². The van der Waals surface area contributed by atoms with Crippen LogP contribution >= 0.6 is 0 Å². The minimum Gasteiger partial charge on any atom is -0.467 e. The molecule has 0 fully saturated rings. The fourth-order valence-corrected chi connectivity index (χ4v) is 1.90. The van der Waals surface area contributed by atoms with Crippen molar-refractivity contribution in [3.63, 3.8) is 0 Å². The fraction of sp³-hybridized carbons (Fsp3) is 0.538. The molecule has 0 aliphatic rings. The maximum atomic E-state index is 11.9. The van der Waals surface area contributed by atoms with Crippen LogP contribution < -0.4 is 11.3 Å². The molecule has 0 aliphatic carbocycles. The Bertz CT molecular complexity index is 454. The average molecular weight is 282 g/mol. The Labute approximate surface area is 118 Å². The number of nitrogens with zero attached hydrogens (tertiary/aromatic N) is 2. The van der Waals surface area contributed by atoms with Gasteiger partial charge in [0.1, 0.15) is 12.0 Å². The van der Waals surface area contributed by atoms with Crippen LogP contribution in [0.5, 0.6) is 0 Å². The lowest BCUT2D eigenvalue weighted by Crippen LogP contribution is -2.38. The van der Waals surface area contributed by atoms with Crippen LogP contribution in [-0.2, 0) is 11.3 Å². The molecule has 0 atom stereocenters. The molecule has 0 radical (unpaired) electrons. The molecule has 0 spiro atoms. The second kappa shape index (κ2) is 7.66. The second-order valence-corrected chi connectivity index (χ2v) is 4.51. The minimum atomic E-state index is -0.401. The first kappa shape index (κ1) is 16.2. The highest BCUT2D eigenvalue weighted by atomic mass is 16.3. The van der Waals surface area contributed by atoms with Gasteiger partial charge >= 0.3 is 0 Å². The Morgan fingerprint density at radius 1 is 1.35 bits per heavy atom. The van der Waals surface area contributed by atoms with E-state index >= 15 is 0 Å². The van der Waals surface area contributed by atoms with Crippen molar-refractivity contribution in [3.05, 3.63) is 23.7 Å². The maximum absolute atomic E-state index is 11.9. The fourth-order valence-electron chi connectivity index (χ4n) is 1.90. The Morgan fingerprint density at radius 2 is 2.00 bits per heavy atom. The van der Waals surface area contributed by atoms with Crippen LogP contribution in [0.25, 0.3) is 0 Å². The zero-order chi connectivity index (χ0) is 15.1. The van der Waals surface area contributed by atoms with Gasteiger partial charge in [0.15, 0.2) is 0 Å². The molecule has 0 saturated carbocycles. The standard InChI is InChI=1S/C13H22N4O3/c1-4-17(5-2)12(18)8-16(3)7-11-6-10(9-20-11)13(19)15-14/h6,9H,4-5,7-8,14H2,1-3H3,(H,15,19). The third kappa shape index (κ3) is 4.36. The molecule has 1 heterocycles. The number of hydrazine groups is 1. The maximum Gasteiger partial charge on any atom is 0.268 e. The first-order valence-electron chi connectivity index (χ1n) is 6.56. The Kier molecular flexibility index (Phi) is 6.20. The van der Waals surface area contributed by atoms with Crippen molar-refractivity contribution in [2.45, 2.75) is 20.4 Å². The van der Waals surface area contributed by atoms with Crippen molar-refractivity contribution in [2.24, 2.45) is 5.84 Å². The van der Waals surface area contributed by atoms with Crippen LogP contribution in [0, 0.1) is 0 Å². The first-order valence-corrected chi connectivity index (χ1v) is 6.56. The van der Waals surface area contributed by atoms with Crippen LogP contribution in [0.3, 0.4) is 0 Å². The molecule has 0 aromatic carbocycles. The van der Waals surface area contributed by atoms with Gasteiger partial charge in [-0.2, -0.15) is 0 Å². The molecule has 0 aliphatic heterocycles. The van der Waals surface area contributed by atoms with Crippen LogP contribution in [0.4, 0.5) is 0 Å². The molecule has 7 nitrogen and oxygen atoms in total. The largest absolute Gasteiger partial charge is 0.467 e. The van der Waals surface area contributed by atoms with E-state index in [1.807, 2.05) is 31.2 Å². The van der Waals surface area contributed by atoms with E-state index in [4.69, 9.17) is 10.3 Å². The summed E-state index contributed by atoms with van der Waals surface area (Å²) in [7, 11) is 1.83. The SMILES string of the molecule is CCN(CC)C(=O)CN(C)Cc1cc(C(=O)NN)co1. The predicted octanol–water partition coefficient (Wildman–Crippen LogP) is 0.183. The van der Waals surface area contributed by atoms with Crippen molar-refractivity contribution in [1.29, 1.82) is 0 Å². The van der Waals surface area contributed by atoms with E-state index in [-0.39, 0.29) is 5.91 Å². The summed E-state index contributed by atoms with van der Waals surface area (Å²) in [4.78, 5) is 26.8. The number of rotatable bonds is 7. The summed E-state index contributed by atoms with van der Waals surface area (Å²) in [6.45, 7) is 6.05. The molecule has 2 amide bonds. The van der Waals surface area contributed by atoms with Crippen molar-refractivity contribution in [1.82, 2.24) is 15.2 Å². The van der Waals surface area contributed by atoms with E-state index in [1.54, 1.807) is 11.0 Å². The van der Waals surface area contributed by atoms with Gasteiger partial charge in [0, 0.05) is 13.1 Å². The number of hydrogen-bond acceptors (Lipinski definition) is 5. The third-order valence-electron chi connectivity index (χ3n) is 2.99. The normalized spacial score (nSPS) is 10.7. The molecular formula is C13H22N4O3. The number of furan rings is 1. The highest BCUT2D eigenvalue weighted by Crippen LogP contribution is 2.10. The molecule has 1 rings (SSSR count). The third-order valence-corrected chi connectivity index (χ3v) is 2.99. The molecule has 1 aromatic rings. The number of nitrogen functional groups attached to an aromatic ring is 1. The van der Waals surface area contributed by atoms with Crippen molar-refractivity contribution in [3.8, 4) is 0 Å². The van der Waals surface area contributed by atoms with Gasteiger partial charge in [0.05, 0.1) is 18.7 Å². The molecule has 3 N–H and O–H groups in total. The molecule has 7 heteroatoms. The van der Waals surface area contributed by atoms with Gasteiger partial charge in [-0.1, -0.05) is 0 Å². The number of carbonyl (C=O) groups excluding carboxylic acids is 2. The summed E-state index contributed by atoms with van der Waals surface area (Å²) in [6, 6.07) is 1.61. The van der Waals surface area contributed by atoms with Gasteiger partial charge in [-0.3, -0.25) is 19.9 Å². The highest BCUT2D eigenvalue weighted by molar-refractivity contribution is 5.93. The molecule has 112 valence electrons. The smallest absolute Gasteiger partial charge is 0.268 e. The quantitative estimate of drug-likeness (QED) is 0.423. The van der Waals surface area contributed by atoms with Gasteiger partial charge in [-0.25, -0.2) is 5.84 Å². The molecule has 0 unspecified atom stereocenters. The summed E-state index contributed by atoms with van der Waals surface area (Å²) < 4.78 is 5.27. The number of likely N-dealkylation sites (N-methyl/N-ethyl adjacent to an activating group) is 2. The van der Waals surface area contributed by atoms with Gasteiger partial charge in [-0.05, 0) is 27.0 Å². The van der Waals surface area contributed by atoms with Crippen molar-refractivity contribution < 1.29 is 14.0 Å². The lowest BCUT2D eigenvalue weighted by atomic mass is 10.3. The predicted molar refractivity (Wildman–Crippen MR) is 74.6 cm³/mol. The van der Waals surface area contributed by atoms with Crippen LogP contribution in [0.2, 0.25) is 0 Å². The first-order chi connectivity index (χ1) is 9.51.